The summed E-state index contributed by atoms with van der Waals surface area (Å²) in [4.78, 5) is 0. The third kappa shape index (κ3) is 9.03. The standard InChI is InChI=1S/C10H11O2S.C6H8N2.3C4H9.Sn/c1-3-10(13(11)12)9-6-4-8(2)5-7-9;1-2-3-6-4-7-8-5-6;3*1-3-4-2;/h3-7,10H,1H2,2H3;2,4-5H,1,3H2,(H,7,8);3*1,3-4H2,2H3;. The molecule has 1 atom stereocenters. The number of unbranched alkanes of at least 4 members (excludes halogenated alkanes) is 3. The fraction of sp³-hybridized carbons (Fsp3) is 0.536. The van der Waals surface area contributed by atoms with E-state index in [-0.39, 0.29) is 0 Å². The first-order valence-corrected chi connectivity index (χ1v) is 23.9. The van der Waals surface area contributed by atoms with Gasteiger partial charge in [-0.3, -0.25) is 5.10 Å². The molecular formula is C28H46N2O2SSn. The molecule has 1 aromatic heterocycles. The first-order chi connectivity index (χ1) is 16.3. The van der Waals surface area contributed by atoms with Crippen molar-refractivity contribution < 1.29 is 8.42 Å². The van der Waals surface area contributed by atoms with Crippen LogP contribution in [0.25, 0.3) is 0 Å². The number of hydrogen-bond donors (Lipinski definition) is 1. The van der Waals surface area contributed by atoms with Crippen LogP contribution in [0.2, 0.25) is 13.3 Å². The maximum absolute atomic E-state index is 14.0. The second-order valence-electron chi connectivity index (χ2n) is 9.21. The molecule has 0 saturated carbocycles. The quantitative estimate of drug-likeness (QED) is 0.168. The summed E-state index contributed by atoms with van der Waals surface area (Å²) >= 11 is -3.41. The number of aromatic nitrogens is 2. The molecular weight excluding hydrogens is 547 g/mol. The van der Waals surface area contributed by atoms with E-state index < -0.39 is 29.3 Å². The zero-order chi connectivity index (χ0) is 25.5. The molecule has 1 N–H and O–H groups in total. The third-order valence-electron chi connectivity index (χ3n) is 6.45. The molecule has 2 aromatic rings. The Hall–Kier alpha value is -1.34. The van der Waals surface area contributed by atoms with Gasteiger partial charge in [-0.25, -0.2) is 0 Å². The Morgan fingerprint density at radius 3 is 1.88 bits per heavy atom. The molecule has 1 heterocycles. The average Bonchev–Trinajstić information content (AvgIpc) is 3.34. The van der Waals surface area contributed by atoms with Crippen molar-refractivity contribution in [2.24, 2.45) is 0 Å². The van der Waals surface area contributed by atoms with Gasteiger partial charge in [-0.05, 0) is 12.0 Å². The smallest absolute Gasteiger partial charge is 0.0522 e. The van der Waals surface area contributed by atoms with E-state index in [0.29, 0.717) is 0 Å². The Kier molecular flexibility index (Phi) is 14.8. The second-order valence-corrected chi connectivity index (χ2v) is 32.5. The number of aromatic amines is 1. The summed E-state index contributed by atoms with van der Waals surface area (Å²) in [5, 5.41) is 5.96. The van der Waals surface area contributed by atoms with Crippen molar-refractivity contribution in [3.8, 4) is 0 Å². The Morgan fingerprint density at radius 1 is 0.971 bits per heavy atom. The topological polar surface area (TPSA) is 62.8 Å². The van der Waals surface area contributed by atoms with Gasteiger partial charge in [0.2, 0.25) is 0 Å². The van der Waals surface area contributed by atoms with Crippen LogP contribution in [0.15, 0.2) is 62.0 Å². The maximum Gasteiger partial charge on any atom is 0.0522 e. The molecule has 4 nitrogen and oxygen atoms in total. The van der Waals surface area contributed by atoms with E-state index in [1.807, 2.05) is 43.5 Å². The minimum Gasteiger partial charge on any atom is -0.285 e. The molecule has 0 amide bonds. The number of allylic oxidation sites excluding steroid dienone is 1. The molecule has 34 heavy (non-hydrogen) atoms. The van der Waals surface area contributed by atoms with Crippen LogP contribution in [-0.4, -0.2) is 35.6 Å². The van der Waals surface area contributed by atoms with E-state index in [4.69, 9.17) is 0 Å². The van der Waals surface area contributed by atoms with E-state index in [1.54, 1.807) is 12.3 Å². The van der Waals surface area contributed by atoms with Crippen LogP contribution in [0, 0.1) is 6.92 Å². The molecule has 0 aliphatic heterocycles. The molecule has 0 aliphatic carbocycles. The van der Waals surface area contributed by atoms with Crippen molar-refractivity contribution in [1.29, 1.82) is 0 Å². The van der Waals surface area contributed by atoms with Gasteiger partial charge >= 0.3 is 165 Å². The predicted molar refractivity (Wildman–Crippen MR) is 150 cm³/mol. The number of H-pyrrole nitrogens is 1. The largest absolute Gasteiger partial charge is 0.285 e. The zero-order valence-electron chi connectivity index (χ0n) is 21.9. The second kappa shape index (κ2) is 16.4. The minimum atomic E-state index is -3.41. The van der Waals surface area contributed by atoms with Crippen LogP contribution >= 0.6 is 0 Å². The molecule has 6 heteroatoms. The number of rotatable bonds is 15. The molecule has 0 spiro atoms. The molecule has 2 rings (SSSR count). The first kappa shape index (κ1) is 30.7. The van der Waals surface area contributed by atoms with Crippen molar-refractivity contribution in [3.05, 3.63) is 78.7 Å². The zero-order valence-corrected chi connectivity index (χ0v) is 25.5. The summed E-state index contributed by atoms with van der Waals surface area (Å²) in [6.45, 7) is 16.1. The predicted octanol–water partition coefficient (Wildman–Crippen LogP) is 8.12. The van der Waals surface area contributed by atoms with Gasteiger partial charge in [0.25, 0.3) is 0 Å². The first-order valence-electron chi connectivity index (χ1n) is 12.8. The van der Waals surface area contributed by atoms with Crippen LogP contribution in [0.3, 0.4) is 0 Å². The molecule has 0 saturated heterocycles. The molecule has 0 radical (unpaired) electrons. The summed E-state index contributed by atoms with van der Waals surface area (Å²) in [5.74, 6) is 0. The van der Waals surface area contributed by atoms with Gasteiger partial charge in [0, 0.05) is 6.20 Å². The third-order valence-corrected chi connectivity index (χ3v) is 36.2. The van der Waals surface area contributed by atoms with Crippen LogP contribution in [0.4, 0.5) is 0 Å². The van der Waals surface area contributed by atoms with Crippen molar-refractivity contribution in [3.63, 3.8) is 0 Å². The van der Waals surface area contributed by atoms with E-state index in [2.05, 4.69) is 44.1 Å². The molecule has 1 aromatic carbocycles. The fourth-order valence-electron chi connectivity index (χ4n) is 4.32. The molecule has 1 unspecified atom stereocenters. The Morgan fingerprint density at radius 2 is 1.50 bits per heavy atom. The summed E-state index contributed by atoms with van der Waals surface area (Å²) in [5.41, 5.74) is 3.24. The number of aryl methyl sites for hydroxylation is 1. The van der Waals surface area contributed by atoms with Gasteiger partial charge in [0.05, 0.1) is 6.20 Å². The molecule has 190 valence electrons. The Labute approximate surface area is 211 Å². The number of nitrogens with zero attached hydrogens (tertiary/aromatic N) is 1. The SMILES string of the molecule is C=CC(c1ccc(C)cc1)[S](=O)(=O)[Sn]([CH2]CCC)([CH2]CCC)[CH2]CCC.C=CCc1cn[nH]c1. The van der Waals surface area contributed by atoms with Crippen molar-refractivity contribution >= 4 is 24.0 Å². The number of hydrogen-bond acceptors (Lipinski definition) is 3. The normalized spacial score (nSPS) is 12.5. The molecule has 0 aliphatic rings. The van der Waals surface area contributed by atoms with E-state index >= 15 is 0 Å². The maximum atomic E-state index is 14.0. The average molecular weight is 593 g/mol. The van der Waals surface area contributed by atoms with Gasteiger partial charge < -0.3 is 0 Å². The minimum absolute atomic E-state index is 0.524. The van der Waals surface area contributed by atoms with Gasteiger partial charge in [0.15, 0.2) is 0 Å². The van der Waals surface area contributed by atoms with Crippen LogP contribution in [0.1, 0.15) is 81.2 Å². The summed E-state index contributed by atoms with van der Waals surface area (Å²) in [7, 11) is -3.17. The van der Waals surface area contributed by atoms with E-state index in [1.165, 1.54) is 5.56 Å². The summed E-state index contributed by atoms with van der Waals surface area (Å²) < 4.78 is 30.9. The van der Waals surface area contributed by atoms with Crippen LogP contribution < -0.4 is 0 Å². The summed E-state index contributed by atoms with van der Waals surface area (Å²) in [6.07, 6.45) is 14.5. The van der Waals surface area contributed by atoms with Crippen molar-refractivity contribution in [2.45, 2.75) is 91.2 Å². The molecule has 0 bridgehead atoms. The number of nitrogens with one attached hydrogen (secondary N) is 1. The van der Waals surface area contributed by atoms with Gasteiger partial charge in [-0.1, -0.05) is 6.08 Å². The van der Waals surface area contributed by atoms with E-state index in [9.17, 15) is 8.42 Å². The van der Waals surface area contributed by atoms with Crippen molar-refractivity contribution in [2.75, 3.05) is 0 Å². The monoisotopic (exact) mass is 594 g/mol. The van der Waals surface area contributed by atoms with Crippen molar-refractivity contribution in [1.82, 2.24) is 10.2 Å². The van der Waals surface area contributed by atoms with E-state index in [0.717, 1.165) is 69.4 Å². The Balaban J connectivity index is 0.000000605. The molecule has 0 fully saturated rings. The summed E-state index contributed by atoms with van der Waals surface area (Å²) in [6, 6.07) is 8.00. The van der Waals surface area contributed by atoms with Crippen LogP contribution in [0.5, 0.6) is 0 Å². The van der Waals surface area contributed by atoms with Gasteiger partial charge in [-0.15, -0.1) is 6.58 Å². The van der Waals surface area contributed by atoms with Crippen LogP contribution in [-0.2, 0) is 13.4 Å². The fourth-order valence-corrected chi connectivity index (χ4v) is 34.0. The van der Waals surface area contributed by atoms with Gasteiger partial charge in [0.1, 0.15) is 0 Å². The number of benzene rings is 1. The Bertz CT molecular complexity index is 900. The van der Waals surface area contributed by atoms with Gasteiger partial charge in [-0.2, -0.15) is 5.10 Å².